The lowest BCUT2D eigenvalue weighted by molar-refractivity contribution is -0.140. The highest BCUT2D eigenvalue weighted by Gasteiger charge is 2.17. The van der Waals surface area contributed by atoms with E-state index in [2.05, 4.69) is 24.0 Å². The molecule has 0 aliphatic carbocycles. The zero-order chi connectivity index (χ0) is 17.2. The van der Waals surface area contributed by atoms with Gasteiger partial charge in [0.1, 0.15) is 0 Å². The smallest absolute Gasteiger partial charge is 0.305 e. The van der Waals surface area contributed by atoms with Crippen LogP contribution in [0.5, 0.6) is 0 Å². The van der Waals surface area contributed by atoms with Crippen LogP contribution in [0.4, 0.5) is 0 Å². The maximum atomic E-state index is 12.5. The lowest BCUT2D eigenvalue weighted by Crippen LogP contribution is -2.31. The first-order valence-corrected chi connectivity index (χ1v) is 7.15. The Kier molecular flexibility index (Phi) is 7.28. The van der Waals surface area contributed by atoms with E-state index >= 15 is 0 Å². The number of hydrogen-bond acceptors (Lipinski definition) is 4. The summed E-state index contributed by atoms with van der Waals surface area (Å²) in [5.41, 5.74) is 1.73. The minimum Gasteiger partial charge on any atom is -0.469 e. The summed E-state index contributed by atoms with van der Waals surface area (Å²) in [6.07, 6.45) is 1.99. The van der Waals surface area contributed by atoms with Crippen LogP contribution in [0.1, 0.15) is 24.0 Å². The van der Waals surface area contributed by atoms with Crippen molar-refractivity contribution < 1.29 is 14.3 Å². The molecule has 5 nitrogen and oxygen atoms in total. The van der Waals surface area contributed by atoms with Crippen LogP contribution >= 0.6 is 0 Å². The van der Waals surface area contributed by atoms with Crippen molar-refractivity contribution in [2.45, 2.75) is 19.4 Å². The number of benzene rings is 1. The Hall–Kier alpha value is -2.87. The molecule has 1 amide bonds. The van der Waals surface area contributed by atoms with Crippen molar-refractivity contribution in [3.05, 3.63) is 60.2 Å². The summed E-state index contributed by atoms with van der Waals surface area (Å²) >= 11 is 0. The molecular weight excluding hydrogens is 292 g/mol. The average molecular weight is 312 g/mol. The fourth-order valence-corrected chi connectivity index (χ4v) is 2.02. The molecule has 5 heteroatoms. The molecule has 0 radical (unpaired) electrons. The summed E-state index contributed by atoms with van der Waals surface area (Å²) in [6, 6.07) is 9.14. The molecule has 1 aromatic rings. The molecule has 23 heavy (non-hydrogen) atoms. The van der Waals surface area contributed by atoms with Gasteiger partial charge in [-0.25, -0.2) is 0 Å². The molecule has 0 spiro atoms. The molecule has 0 heterocycles. The van der Waals surface area contributed by atoms with Gasteiger partial charge in [-0.1, -0.05) is 24.8 Å². The maximum Gasteiger partial charge on any atom is 0.305 e. The van der Waals surface area contributed by atoms with Crippen LogP contribution < -0.4 is 0 Å². The molecule has 1 rings (SSSR count). The lowest BCUT2D eigenvalue weighted by Gasteiger charge is -2.22. The first-order chi connectivity index (χ1) is 11.0. The van der Waals surface area contributed by atoms with E-state index < -0.39 is 0 Å². The lowest BCUT2D eigenvalue weighted by atomic mass is 10.1. The Morgan fingerprint density at radius 3 is 2.74 bits per heavy atom. The molecule has 0 atom stereocenters. The molecule has 1 aromatic carbocycles. The molecule has 120 valence electrons. The van der Waals surface area contributed by atoms with Crippen LogP contribution in [0, 0.1) is 11.3 Å². The highest BCUT2D eigenvalue weighted by atomic mass is 16.5. The summed E-state index contributed by atoms with van der Waals surface area (Å²) in [5, 5.41) is 8.94. The molecule has 0 unspecified atom stereocenters. The fraction of sp³-hybridized carbons (Fsp3) is 0.278. The summed E-state index contributed by atoms with van der Waals surface area (Å²) in [6.45, 7) is 8.11. The van der Waals surface area contributed by atoms with Gasteiger partial charge in [-0.05, 0) is 24.1 Å². The number of nitrogens with zero attached hydrogens (tertiary/aromatic N) is 2. The number of ether oxygens (including phenoxy) is 1. The minimum absolute atomic E-state index is 0.118. The number of amides is 1. The van der Waals surface area contributed by atoms with E-state index in [1.807, 2.05) is 6.07 Å². The normalized spacial score (nSPS) is 9.57. The van der Waals surface area contributed by atoms with Crippen molar-refractivity contribution >= 4 is 11.9 Å². The standard InChI is InChI=1S/C18H20N2O3/c1-4-10-20(13-16-7-5-6-15(11-16)12-19)18(22)14(2)8-9-17(21)23-3/h4-7,11H,1-2,8-10,13H2,3H3. The van der Waals surface area contributed by atoms with Gasteiger partial charge in [-0.15, -0.1) is 6.58 Å². The van der Waals surface area contributed by atoms with Crippen molar-refractivity contribution in [3.63, 3.8) is 0 Å². The second-order valence-corrected chi connectivity index (χ2v) is 4.97. The minimum atomic E-state index is -0.379. The van der Waals surface area contributed by atoms with Crippen molar-refractivity contribution in [2.75, 3.05) is 13.7 Å². The Bertz CT molecular complexity index is 644. The Labute approximate surface area is 136 Å². The molecule has 0 bridgehead atoms. The van der Waals surface area contributed by atoms with E-state index in [9.17, 15) is 9.59 Å². The second kappa shape index (κ2) is 9.21. The van der Waals surface area contributed by atoms with E-state index in [-0.39, 0.29) is 24.7 Å². The SMILES string of the molecule is C=CCN(Cc1cccc(C#N)c1)C(=O)C(=C)CCC(=O)OC. The molecular formula is C18H20N2O3. The van der Waals surface area contributed by atoms with Crippen LogP contribution in [0.3, 0.4) is 0 Å². The van der Waals surface area contributed by atoms with Gasteiger partial charge in [0.15, 0.2) is 0 Å². The number of carbonyl (C=O) groups excluding carboxylic acids is 2. The quantitative estimate of drug-likeness (QED) is 0.420. The monoisotopic (exact) mass is 312 g/mol. The number of carbonyl (C=O) groups is 2. The topological polar surface area (TPSA) is 70.4 Å². The van der Waals surface area contributed by atoms with E-state index in [1.54, 1.807) is 29.2 Å². The molecule has 0 N–H and O–H groups in total. The predicted octanol–water partition coefficient (Wildman–Crippen LogP) is 2.58. The number of esters is 1. The zero-order valence-electron chi connectivity index (χ0n) is 13.2. The third-order valence-electron chi connectivity index (χ3n) is 3.23. The van der Waals surface area contributed by atoms with Crippen molar-refractivity contribution in [1.82, 2.24) is 4.90 Å². The Morgan fingerprint density at radius 2 is 2.13 bits per heavy atom. The van der Waals surface area contributed by atoms with Crippen LogP contribution in [-0.2, 0) is 20.9 Å². The molecule has 0 aliphatic rings. The van der Waals surface area contributed by atoms with Gasteiger partial charge in [0.2, 0.25) is 5.91 Å². The van der Waals surface area contributed by atoms with Crippen molar-refractivity contribution in [3.8, 4) is 6.07 Å². The summed E-state index contributed by atoms with van der Waals surface area (Å²) < 4.78 is 4.56. The predicted molar refractivity (Wildman–Crippen MR) is 87.2 cm³/mol. The number of hydrogen-bond donors (Lipinski definition) is 0. The molecule has 0 fully saturated rings. The second-order valence-electron chi connectivity index (χ2n) is 4.97. The fourth-order valence-electron chi connectivity index (χ4n) is 2.02. The summed E-state index contributed by atoms with van der Waals surface area (Å²) in [5.74, 6) is -0.618. The van der Waals surface area contributed by atoms with E-state index in [4.69, 9.17) is 5.26 Å². The molecule has 0 saturated heterocycles. The molecule has 0 aromatic heterocycles. The first kappa shape index (κ1) is 18.2. The number of nitriles is 1. The Morgan fingerprint density at radius 1 is 1.39 bits per heavy atom. The van der Waals surface area contributed by atoms with E-state index in [0.29, 0.717) is 24.2 Å². The van der Waals surface area contributed by atoms with Gasteiger partial charge in [0.25, 0.3) is 0 Å². The van der Waals surface area contributed by atoms with Gasteiger partial charge < -0.3 is 9.64 Å². The van der Waals surface area contributed by atoms with Gasteiger partial charge in [0.05, 0.1) is 18.7 Å². The highest BCUT2D eigenvalue weighted by molar-refractivity contribution is 5.93. The Balaban J connectivity index is 2.78. The third kappa shape index (κ3) is 5.79. The van der Waals surface area contributed by atoms with Crippen molar-refractivity contribution in [2.24, 2.45) is 0 Å². The third-order valence-corrected chi connectivity index (χ3v) is 3.23. The van der Waals surface area contributed by atoms with Gasteiger partial charge >= 0.3 is 5.97 Å². The maximum absolute atomic E-state index is 12.5. The van der Waals surface area contributed by atoms with Crippen LogP contribution in [0.15, 0.2) is 49.1 Å². The van der Waals surface area contributed by atoms with Crippen LogP contribution in [0.2, 0.25) is 0 Å². The number of methoxy groups -OCH3 is 1. The first-order valence-electron chi connectivity index (χ1n) is 7.15. The highest BCUT2D eigenvalue weighted by Crippen LogP contribution is 2.13. The average Bonchev–Trinajstić information content (AvgIpc) is 2.58. The van der Waals surface area contributed by atoms with Crippen molar-refractivity contribution in [1.29, 1.82) is 5.26 Å². The zero-order valence-corrected chi connectivity index (χ0v) is 13.2. The van der Waals surface area contributed by atoms with Gasteiger partial charge in [-0.2, -0.15) is 5.26 Å². The molecule has 0 aliphatic heterocycles. The van der Waals surface area contributed by atoms with Gasteiger partial charge in [-0.3, -0.25) is 9.59 Å². The van der Waals surface area contributed by atoms with E-state index in [0.717, 1.165) is 5.56 Å². The van der Waals surface area contributed by atoms with Crippen LogP contribution in [0.25, 0.3) is 0 Å². The summed E-state index contributed by atoms with van der Waals surface area (Å²) in [4.78, 5) is 25.2. The van der Waals surface area contributed by atoms with Crippen LogP contribution in [-0.4, -0.2) is 30.4 Å². The van der Waals surface area contributed by atoms with E-state index in [1.165, 1.54) is 7.11 Å². The number of rotatable bonds is 8. The van der Waals surface area contributed by atoms with Gasteiger partial charge in [0, 0.05) is 25.1 Å². The molecule has 0 saturated carbocycles. The summed E-state index contributed by atoms with van der Waals surface area (Å²) in [7, 11) is 1.30. The largest absolute Gasteiger partial charge is 0.469 e.